The molecular weight excluding hydrogens is 312 g/mol. The lowest BCUT2D eigenvalue weighted by atomic mass is 10.1. The Kier molecular flexibility index (Phi) is 5.39. The topological polar surface area (TPSA) is 41.6 Å². The van der Waals surface area contributed by atoms with Crippen LogP contribution in [0.5, 0.6) is 5.75 Å². The molecule has 4 heteroatoms. The Hall–Kier alpha value is -2.33. The molecule has 4 nitrogen and oxygen atoms in total. The number of methoxy groups -OCH3 is 1. The van der Waals surface area contributed by atoms with Gasteiger partial charge in [0.05, 0.1) is 7.11 Å². The Bertz CT molecular complexity index is 725. The van der Waals surface area contributed by atoms with Crippen LogP contribution in [0.3, 0.4) is 0 Å². The third-order valence-corrected chi connectivity index (χ3v) is 4.73. The minimum absolute atomic E-state index is 0.0920. The molecular formula is C21H26N2O2. The number of carbonyl (C=O) groups excluding carboxylic acids is 1. The molecule has 0 radical (unpaired) electrons. The van der Waals surface area contributed by atoms with Crippen LogP contribution in [0.15, 0.2) is 48.5 Å². The van der Waals surface area contributed by atoms with E-state index in [0.29, 0.717) is 12.5 Å². The third kappa shape index (κ3) is 4.40. The molecule has 0 heterocycles. The zero-order valence-electron chi connectivity index (χ0n) is 15.2. The van der Waals surface area contributed by atoms with Gasteiger partial charge in [-0.05, 0) is 55.3 Å². The van der Waals surface area contributed by atoms with Gasteiger partial charge in [-0.15, -0.1) is 0 Å². The Morgan fingerprint density at radius 1 is 1.12 bits per heavy atom. The van der Waals surface area contributed by atoms with E-state index in [1.165, 1.54) is 16.7 Å². The fraction of sp³-hybridized carbons (Fsp3) is 0.381. The second-order valence-electron chi connectivity index (χ2n) is 6.95. The number of nitrogens with zero attached hydrogens (tertiary/aromatic N) is 1. The maximum atomic E-state index is 12.5. The van der Waals surface area contributed by atoms with Crippen molar-refractivity contribution in [3.63, 3.8) is 0 Å². The number of hydrogen-bond acceptors (Lipinski definition) is 3. The molecule has 2 aromatic rings. The first-order valence-corrected chi connectivity index (χ1v) is 8.71. The number of benzene rings is 2. The van der Waals surface area contributed by atoms with Crippen molar-refractivity contribution < 1.29 is 9.53 Å². The van der Waals surface area contributed by atoms with Crippen molar-refractivity contribution in [2.75, 3.05) is 21.2 Å². The number of carbonyl (C=O) groups is 1. The highest BCUT2D eigenvalue weighted by molar-refractivity contribution is 5.82. The summed E-state index contributed by atoms with van der Waals surface area (Å²) in [5, 5.41) is 3.11. The predicted octanol–water partition coefficient (Wildman–Crippen LogP) is 3.18. The number of nitrogens with one attached hydrogen (secondary N) is 1. The molecule has 1 fully saturated rings. The van der Waals surface area contributed by atoms with E-state index in [2.05, 4.69) is 48.6 Å². The van der Waals surface area contributed by atoms with Crippen LogP contribution in [0.4, 0.5) is 0 Å². The minimum Gasteiger partial charge on any atom is -0.497 e. The average Bonchev–Trinajstić information content (AvgIpc) is 3.41. The lowest BCUT2D eigenvalue weighted by Gasteiger charge is -2.14. The van der Waals surface area contributed by atoms with E-state index in [9.17, 15) is 4.79 Å². The summed E-state index contributed by atoms with van der Waals surface area (Å²) < 4.78 is 5.19. The van der Waals surface area contributed by atoms with Crippen molar-refractivity contribution >= 4 is 5.91 Å². The van der Waals surface area contributed by atoms with Gasteiger partial charge in [-0.25, -0.2) is 0 Å². The Morgan fingerprint density at radius 2 is 1.80 bits per heavy atom. The van der Waals surface area contributed by atoms with Crippen molar-refractivity contribution in [2.24, 2.45) is 5.92 Å². The molecule has 2 aromatic carbocycles. The molecule has 0 unspecified atom stereocenters. The van der Waals surface area contributed by atoms with E-state index >= 15 is 0 Å². The summed E-state index contributed by atoms with van der Waals surface area (Å²) in [6.07, 6.45) is 0.928. The summed E-state index contributed by atoms with van der Waals surface area (Å²) in [5.41, 5.74) is 3.66. The normalized spacial score (nSPS) is 18.9. The minimum atomic E-state index is 0.0920. The van der Waals surface area contributed by atoms with Crippen LogP contribution in [0, 0.1) is 5.92 Å². The summed E-state index contributed by atoms with van der Waals surface area (Å²) >= 11 is 0. The highest BCUT2D eigenvalue weighted by Crippen LogP contribution is 2.47. The van der Waals surface area contributed by atoms with Gasteiger partial charge in [0, 0.05) is 19.0 Å². The number of amides is 1. The van der Waals surface area contributed by atoms with Crippen LogP contribution < -0.4 is 10.1 Å². The Labute approximate surface area is 149 Å². The predicted molar refractivity (Wildman–Crippen MR) is 99.5 cm³/mol. The van der Waals surface area contributed by atoms with Crippen LogP contribution in [-0.4, -0.2) is 32.0 Å². The Balaban J connectivity index is 1.55. The van der Waals surface area contributed by atoms with E-state index in [-0.39, 0.29) is 11.8 Å². The van der Waals surface area contributed by atoms with E-state index in [4.69, 9.17) is 4.74 Å². The first kappa shape index (κ1) is 17.5. The van der Waals surface area contributed by atoms with Crippen LogP contribution in [-0.2, 0) is 17.9 Å². The molecule has 132 valence electrons. The maximum absolute atomic E-state index is 12.5. The van der Waals surface area contributed by atoms with Gasteiger partial charge in [-0.2, -0.15) is 0 Å². The number of hydrogen-bond donors (Lipinski definition) is 1. The van der Waals surface area contributed by atoms with E-state index in [0.717, 1.165) is 18.7 Å². The van der Waals surface area contributed by atoms with Crippen molar-refractivity contribution in [3.05, 3.63) is 65.2 Å². The van der Waals surface area contributed by atoms with Crippen molar-refractivity contribution in [3.8, 4) is 5.75 Å². The number of rotatable bonds is 7. The molecule has 25 heavy (non-hydrogen) atoms. The molecule has 0 aromatic heterocycles. The van der Waals surface area contributed by atoms with Gasteiger partial charge in [-0.1, -0.05) is 36.4 Å². The van der Waals surface area contributed by atoms with Gasteiger partial charge in [0.25, 0.3) is 0 Å². The van der Waals surface area contributed by atoms with Crippen molar-refractivity contribution in [2.45, 2.75) is 25.4 Å². The molecule has 1 aliphatic carbocycles. The third-order valence-electron chi connectivity index (χ3n) is 4.73. The number of ether oxygens (including phenoxy) is 1. The van der Waals surface area contributed by atoms with E-state index in [1.54, 1.807) is 7.11 Å². The van der Waals surface area contributed by atoms with Crippen molar-refractivity contribution in [1.29, 1.82) is 0 Å². The molecule has 0 spiro atoms. The molecule has 0 saturated heterocycles. The maximum Gasteiger partial charge on any atom is 0.224 e. The first-order chi connectivity index (χ1) is 12.1. The fourth-order valence-electron chi connectivity index (χ4n) is 3.24. The molecule has 1 amide bonds. The second kappa shape index (κ2) is 7.70. The molecule has 1 N–H and O–H groups in total. The zero-order chi connectivity index (χ0) is 17.8. The summed E-state index contributed by atoms with van der Waals surface area (Å²) in [6, 6.07) is 16.3. The van der Waals surface area contributed by atoms with Gasteiger partial charge < -0.3 is 15.0 Å². The molecule has 2 atom stereocenters. The zero-order valence-corrected chi connectivity index (χ0v) is 15.2. The smallest absolute Gasteiger partial charge is 0.224 e. The molecule has 0 aliphatic heterocycles. The van der Waals surface area contributed by atoms with Gasteiger partial charge in [0.2, 0.25) is 5.91 Å². The lowest BCUT2D eigenvalue weighted by molar-refractivity contribution is -0.122. The Morgan fingerprint density at radius 3 is 2.44 bits per heavy atom. The fourth-order valence-corrected chi connectivity index (χ4v) is 3.24. The van der Waals surface area contributed by atoms with Gasteiger partial charge in [0.1, 0.15) is 5.75 Å². The molecule has 1 saturated carbocycles. The summed E-state index contributed by atoms with van der Waals surface area (Å²) in [6.45, 7) is 1.47. The standard InChI is InChI=1S/C21H26N2O2/c1-23(2)14-17-7-5-4-6-16(17)13-22-21(24)20-12-19(20)15-8-10-18(25-3)11-9-15/h4-11,19-20H,12-14H2,1-3H3,(H,22,24)/t19-,20-/m1/s1. The van der Waals surface area contributed by atoms with Gasteiger partial charge >= 0.3 is 0 Å². The molecule has 3 rings (SSSR count). The van der Waals surface area contributed by atoms with Crippen LogP contribution >= 0.6 is 0 Å². The van der Waals surface area contributed by atoms with Crippen LogP contribution in [0.1, 0.15) is 29.0 Å². The quantitative estimate of drug-likeness (QED) is 0.843. The van der Waals surface area contributed by atoms with Crippen LogP contribution in [0.25, 0.3) is 0 Å². The van der Waals surface area contributed by atoms with E-state index in [1.807, 2.05) is 24.3 Å². The first-order valence-electron chi connectivity index (χ1n) is 8.71. The summed E-state index contributed by atoms with van der Waals surface area (Å²) in [5.74, 6) is 1.43. The average molecular weight is 338 g/mol. The van der Waals surface area contributed by atoms with Crippen molar-refractivity contribution in [1.82, 2.24) is 10.2 Å². The van der Waals surface area contributed by atoms with E-state index < -0.39 is 0 Å². The molecule has 0 bridgehead atoms. The second-order valence-corrected chi connectivity index (χ2v) is 6.95. The monoisotopic (exact) mass is 338 g/mol. The largest absolute Gasteiger partial charge is 0.497 e. The molecule has 1 aliphatic rings. The SMILES string of the molecule is COc1ccc([C@H]2C[C@H]2C(=O)NCc2ccccc2CN(C)C)cc1. The summed E-state index contributed by atoms with van der Waals surface area (Å²) in [7, 11) is 5.77. The lowest BCUT2D eigenvalue weighted by Crippen LogP contribution is -2.26. The van der Waals surface area contributed by atoms with Gasteiger partial charge in [-0.3, -0.25) is 4.79 Å². The highest BCUT2D eigenvalue weighted by atomic mass is 16.5. The van der Waals surface area contributed by atoms with Crippen LogP contribution in [0.2, 0.25) is 0 Å². The van der Waals surface area contributed by atoms with Gasteiger partial charge in [0.15, 0.2) is 0 Å². The summed E-state index contributed by atoms with van der Waals surface area (Å²) in [4.78, 5) is 14.6. The highest BCUT2D eigenvalue weighted by Gasteiger charge is 2.43.